The van der Waals surface area contributed by atoms with Crippen LogP contribution in [0.5, 0.6) is 0 Å². The Hall–Kier alpha value is -1.49. The van der Waals surface area contributed by atoms with Crippen molar-refractivity contribution in [2.45, 2.75) is 12.3 Å². The van der Waals surface area contributed by atoms with Crippen molar-refractivity contribution in [1.82, 2.24) is 0 Å². The zero-order valence-electron chi connectivity index (χ0n) is 16.5. The van der Waals surface area contributed by atoms with Gasteiger partial charge in [0.15, 0.2) is 0 Å². The average molecular weight is 424 g/mol. The minimum absolute atomic E-state index is 0. The zero-order valence-corrected chi connectivity index (χ0v) is 19.0. The minimum Gasteiger partial charge on any atom is -1.00 e. The number of hydrogen-bond acceptors (Lipinski definition) is 2. The third kappa shape index (κ3) is 6.26. The van der Waals surface area contributed by atoms with Gasteiger partial charge in [0.1, 0.15) is 0 Å². The first-order chi connectivity index (χ1) is 13.0. The van der Waals surface area contributed by atoms with Crippen molar-refractivity contribution in [3.63, 3.8) is 0 Å². The van der Waals surface area contributed by atoms with Crippen LogP contribution in [0.4, 0.5) is 5.69 Å². The van der Waals surface area contributed by atoms with Crippen LogP contribution in [-0.4, -0.2) is 17.6 Å². The van der Waals surface area contributed by atoms with Crippen LogP contribution in [-0.2, 0) is 0 Å². The maximum atomic E-state index is 10.9. The van der Waals surface area contributed by atoms with E-state index in [1.54, 1.807) is 24.3 Å². The van der Waals surface area contributed by atoms with Crippen LogP contribution in [0.1, 0.15) is 35.3 Å². The molecule has 0 bridgehead atoms. The number of nitrogens with one attached hydrogen (secondary N) is 1. The largest absolute Gasteiger partial charge is 1.00 e. The van der Waals surface area contributed by atoms with Gasteiger partial charge in [-0.1, -0.05) is 47.5 Å². The van der Waals surface area contributed by atoms with E-state index in [1.165, 1.54) is 11.1 Å². The van der Waals surface area contributed by atoms with E-state index in [4.69, 9.17) is 28.3 Å². The third-order valence-corrected chi connectivity index (χ3v) is 4.94. The van der Waals surface area contributed by atoms with Crippen LogP contribution >= 0.6 is 23.2 Å². The predicted molar refractivity (Wildman–Crippen MR) is 112 cm³/mol. The molecular weight excluding hydrogens is 404 g/mol. The Morgan fingerprint density at radius 2 is 1.32 bits per heavy atom. The van der Waals surface area contributed by atoms with E-state index in [0.29, 0.717) is 10.0 Å². The molecule has 0 unspecified atom stereocenters. The van der Waals surface area contributed by atoms with Crippen LogP contribution in [0.25, 0.3) is 0 Å². The first-order valence-electron chi connectivity index (χ1n) is 8.61. The average Bonchev–Trinajstić information content (AvgIpc) is 2.67. The molecule has 3 aromatic carbocycles. The molecule has 0 amide bonds. The third-order valence-electron chi connectivity index (χ3n) is 4.44. The summed E-state index contributed by atoms with van der Waals surface area (Å²) in [5.41, 5.74) is 3.54. The smallest absolute Gasteiger partial charge is 1.00 e. The fraction of sp³-hybridized carbons (Fsp3) is 0.136. The summed E-state index contributed by atoms with van der Waals surface area (Å²) >= 11 is 12.1. The second-order valence-electron chi connectivity index (χ2n) is 6.25. The van der Waals surface area contributed by atoms with Crippen molar-refractivity contribution in [3.8, 4) is 0 Å². The molecule has 2 N–H and O–H groups in total. The molecule has 28 heavy (non-hydrogen) atoms. The molecule has 0 saturated heterocycles. The summed E-state index contributed by atoms with van der Waals surface area (Å²) in [5.74, 6) is -0.725. The van der Waals surface area contributed by atoms with Crippen molar-refractivity contribution in [3.05, 3.63) is 99.5 Å². The second kappa shape index (κ2) is 10.9. The van der Waals surface area contributed by atoms with Gasteiger partial charge in [-0.2, -0.15) is 0 Å². The fourth-order valence-electron chi connectivity index (χ4n) is 3.01. The fourth-order valence-corrected chi connectivity index (χ4v) is 3.26. The van der Waals surface area contributed by atoms with Gasteiger partial charge in [-0.25, -0.2) is 4.79 Å². The van der Waals surface area contributed by atoms with E-state index in [9.17, 15) is 4.79 Å². The van der Waals surface area contributed by atoms with Gasteiger partial charge >= 0.3 is 35.5 Å². The van der Waals surface area contributed by atoms with Gasteiger partial charge in [0, 0.05) is 28.2 Å². The summed E-state index contributed by atoms with van der Waals surface area (Å²) in [5, 5.41) is 13.8. The van der Waals surface area contributed by atoms with Gasteiger partial charge < -0.3 is 11.8 Å². The topological polar surface area (TPSA) is 49.3 Å². The van der Waals surface area contributed by atoms with Gasteiger partial charge in [0.05, 0.1) is 5.56 Å². The number of benzene rings is 3. The summed E-state index contributed by atoms with van der Waals surface area (Å²) in [6, 6.07) is 22.5. The Labute approximate surface area is 198 Å². The molecule has 0 radical (unpaired) electrons. The Balaban J connectivity index is 0.00000210. The van der Waals surface area contributed by atoms with Gasteiger partial charge in [0.2, 0.25) is 0 Å². The number of carbonyl (C=O) groups is 1. The number of carboxylic acid groups (broad SMARTS) is 1. The van der Waals surface area contributed by atoms with E-state index >= 15 is 0 Å². The van der Waals surface area contributed by atoms with Crippen molar-refractivity contribution >= 4 is 34.9 Å². The molecule has 3 rings (SSSR count). The molecule has 0 heterocycles. The van der Waals surface area contributed by atoms with E-state index in [1.807, 2.05) is 48.5 Å². The first-order valence-corrected chi connectivity index (χ1v) is 9.36. The summed E-state index contributed by atoms with van der Waals surface area (Å²) in [7, 11) is 0. The van der Waals surface area contributed by atoms with Crippen LogP contribution in [0, 0.1) is 0 Å². The van der Waals surface area contributed by atoms with Gasteiger partial charge in [-0.05, 0) is 66.1 Å². The molecule has 0 aromatic heterocycles. The molecule has 0 atom stereocenters. The standard InChI is InChI=1S/C22H19Cl2NO2.Na.H/c23-18-7-1-15(2-8-18)21(16-3-9-19(24)10-4-16)13-14-25-20-11-5-17(6-12-20)22(26)27;;/h1-12,21,25H,13-14H2,(H,26,27);;/q;+1;-1. The maximum Gasteiger partial charge on any atom is 1.00 e. The molecule has 0 aliphatic rings. The van der Waals surface area contributed by atoms with E-state index in [2.05, 4.69) is 5.32 Å². The van der Waals surface area contributed by atoms with E-state index < -0.39 is 5.97 Å². The molecular formula is C22H20Cl2NNaO2. The van der Waals surface area contributed by atoms with E-state index in [-0.39, 0.29) is 42.5 Å². The number of hydrogen-bond donors (Lipinski definition) is 2. The number of rotatable bonds is 7. The van der Waals surface area contributed by atoms with Crippen LogP contribution < -0.4 is 34.9 Å². The molecule has 0 aliphatic heterocycles. The van der Waals surface area contributed by atoms with Crippen LogP contribution in [0.2, 0.25) is 10.0 Å². The molecule has 3 nitrogen and oxygen atoms in total. The number of aromatic carboxylic acids is 1. The summed E-state index contributed by atoms with van der Waals surface area (Å²) in [4.78, 5) is 10.9. The van der Waals surface area contributed by atoms with Gasteiger partial charge in [-0.3, -0.25) is 0 Å². The Morgan fingerprint density at radius 1 is 0.857 bits per heavy atom. The zero-order chi connectivity index (χ0) is 19.2. The van der Waals surface area contributed by atoms with Crippen molar-refractivity contribution < 1.29 is 40.9 Å². The molecule has 0 saturated carbocycles. The summed E-state index contributed by atoms with van der Waals surface area (Å²) in [6.07, 6.45) is 0.865. The first kappa shape index (κ1) is 22.8. The van der Waals surface area contributed by atoms with E-state index in [0.717, 1.165) is 18.7 Å². The quantitative estimate of drug-likeness (QED) is 0.572. The molecule has 6 heteroatoms. The maximum absolute atomic E-state index is 10.9. The number of anilines is 1. The van der Waals surface area contributed by atoms with Crippen molar-refractivity contribution in [2.75, 3.05) is 11.9 Å². The minimum atomic E-state index is -0.924. The summed E-state index contributed by atoms with van der Waals surface area (Å²) in [6.45, 7) is 0.738. The Morgan fingerprint density at radius 3 is 1.75 bits per heavy atom. The van der Waals surface area contributed by atoms with Crippen LogP contribution in [0.3, 0.4) is 0 Å². The SMILES string of the molecule is O=C(O)c1ccc(NCCC(c2ccc(Cl)cc2)c2ccc(Cl)cc2)cc1.[H-].[Na+]. The normalized spacial score (nSPS) is 10.4. The second-order valence-corrected chi connectivity index (χ2v) is 7.13. The van der Waals surface area contributed by atoms with Crippen molar-refractivity contribution in [2.24, 2.45) is 0 Å². The Kier molecular flexibility index (Phi) is 8.87. The van der Waals surface area contributed by atoms with Gasteiger partial charge in [-0.15, -0.1) is 0 Å². The molecule has 3 aromatic rings. The van der Waals surface area contributed by atoms with Gasteiger partial charge in [0.25, 0.3) is 0 Å². The molecule has 0 fully saturated rings. The predicted octanol–water partition coefficient (Wildman–Crippen LogP) is 3.44. The molecule has 0 aliphatic carbocycles. The monoisotopic (exact) mass is 423 g/mol. The van der Waals surface area contributed by atoms with Crippen molar-refractivity contribution in [1.29, 1.82) is 0 Å². The number of carboxylic acids is 1. The molecule has 140 valence electrons. The summed E-state index contributed by atoms with van der Waals surface area (Å²) < 4.78 is 0. The number of halogens is 2. The molecule has 0 spiro atoms. The Bertz CT molecular complexity index is 858. The van der Waals surface area contributed by atoms with Crippen LogP contribution in [0.15, 0.2) is 72.8 Å².